The molecule has 0 spiro atoms. The number of nitrogens with one attached hydrogen (secondary N) is 3. The van der Waals surface area contributed by atoms with Crippen molar-refractivity contribution in [1.82, 2.24) is 39.2 Å². The van der Waals surface area contributed by atoms with Crippen LogP contribution < -0.4 is 11.0 Å². The van der Waals surface area contributed by atoms with Gasteiger partial charge in [0.15, 0.2) is 11.3 Å². The Hall–Kier alpha value is -3.60. The number of pyridine rings is 1. The lowest BCUT2D eigenvalue weighted by molar-refractivity contribution is 0.849. The predicted octanol–water partition coefficient (Wildman–Crippen LogP) is 1.65. The van der Waals surface area contributed by atoms with E-state index in [2.05, 4.69) is 35.6 Å². The number of rotatable bonds is 4. The number of anilines is 1. The smallest absolute Gasteiger partial charge is 0.323 e. The van der Waals surface area contributed by atoms with Crippen molar-refractivity contribution in [2.75, 3.05) is 12.4 Å². The van der Waals surface area contributed by atoms with Crippen molar-refractivity contribution in [3.63, 3.8) is 0 Å². The van der Waals surface area contributed by atoms with Gasteiger partial charge in [-0.2, -0.15) is 5.10 Å². The minimum absolute atomic E-state index is 0.248. The molecule has 0 aliphatic carbocycles. The van der Waals surface area contributed by atoms with Gasteiger partial charge < -0.3 is 15.3 Å². The van der Waals surface area contributed by atoms with Crippen molar-refractivity contribution in [2.45, 2.75) is 10.2 Å². The molecule has 5 rings (SSSR count). The molecule has 0 saturated carbocycles. The summed E-state index contributed by atoms with van der Waals surface area (Å²) >= 11 is 1.39. The van der Waals surface area contributed by atoms with E-state index in [4.69, 9.17) is 0 Å². The molecule has 0 amide bonds. The zero-order valence-electron chi connectivity index (χ0n) is 14.0. The summed E-state index contributed by atoms with van der Waals surface area (Å²) < 4.78 is 3.58. The molecule has 0 saturated heterocycles. The maximum absolute atomic E-state index is 11.3. The molecular formula is C16H13N9OS. The molecule has 0 bridgehead atoms. The van der Waals surface area contributed by atoms with Crippen LogP contribution in [0.25, 0.3) is 22.6 Å². The van der Waals surface area contributed by atoms with Crippen LogP contribution in [0.5, 0.6) is 0 Å². The summed E-state index contributed by atoms with van der Waals surface area (Å²) in [6, 6.07) is 7.52. The Balaban J connectivity index is 1.53. The van der Waals surface area contributed by atoms with Crippen molar-refractivity contribution in [2.24, 2.45) is 0 Å². The predicted molar refractivity (Wildman–Crippen MR) is 100 cm³/mol. The topological polar surface area (TPSA) is 121 Å². The van der Waals surface area contributed by atoms with Crippen LogP contribution in [0.1, 0.15) is 0 Å². The van der Waals surface area contributed by atoms with E-state index >= 15 is 0 Å². The maximum atomic E-state index is 11.3. The van der Waals surface area contributed by atoms with Gasteiger partial charge in [-0.1, -0.05) is 0 Å². The molecule has 0 aliphatic rings. The van der Waals surface area contributed by atoms with E-state index in [0.29, 0.717) is 16.5 Å². The van der Waals surface area contributed by atoms with Gasteiger partial charge in [-0.15, -0.1) is 10.2 Å². The third kappa shape index (κ3) is 2.73. The molecule has 0 aliphatic heterocycles. The molecule has 0 unspecified atom stereocenters. The molecule has 0 radical (unpaired) electrons. The monoisotopic (exact) mass is 379 g/mol. The summed E-state index contributed by atoms with van der Waals surface area (Å²) in [5.41, 5.74) is 2.76. The van der Waals surface area contributed by atoms with Crippen LogP contribution in [0.15, 0.2) is 57.8 Å². The standard InChI is InChI=1S/C16H13N9OS/c1-17-11-8-25-12(20-11)4-5-14(23-25)27-16-22-21-13-3-2-9(7-24(13)16)10-6-18-15(26)19-10/h2-8,17H,1H3,(H2,18,19,26). The summed E-state index contributed by atoms with van der Waals surface area (Å²) in [6.07, 6.45) is 5.34. The van der Waals surface area contributed by atoms with Crippen molar-refractivity contribution < 1.29 is 0 Å². The number of aromatic amines is 2. The van der Waals surface area contributed by atoms with Gasteiger partial charge in [-0.25, -0.2) is 14.3 Å². The number of imidazole rings is 2. The number of hydrogen-bond donors (Lipinski definition) is 3. The van der Waals surface area contributed by atoms with E-state index in [1.165, 1.54) is 11.8 Å². The highest BCUT2D eigenvalue weighted by Crippen LogP contribution is 2.26. The quantitative estimate of drug-likeness (QED) is 0.434. The summed E-state index contributed by atoms with van der Waals surface area (Å²) in [5, 5.41) is 17.4. The van der Waals surface area contributed by atoms with Gasteiger partial charge in [0, 0.05) is 25.0 Å². The lowest BCUT2D eigenvalue weighted by Crippen LogP contribution is -2.00. The minimum Gasteiger partial charge on any atom is -0.372 e. The molecule has 27 heavy (non-hydrogen) atoms. The van der Waals surface area contributed by atoms with E-state index in [-0.39, 0.29) is 5.69 Å². The van der Waals surface area contributed by atoms with Crippen molar-refractivity contribution >= 4 is 28.9 Å². The molecule has 5 aromatic rings. The van der Waals surface area contributed by atoms with Crippen LogP contribution in [-0.4, -0.2) is 46.2 Å². The number of fused-ring (bicyclic) bond motifs is 2. The lowest BCUT2D eigenvalue weighted by atomic mass is 10.2. The Labute approximate surface area is 155 Å². The second-order valence-corrected chi connectivity index (χ2v) is 6.73. The first-order valence-corrected chi connectivity index (χ1v) is 8.86. The van der Waals surface area contributed by atoms with Crippen LogP contribution in [0.2, 0.25) is 0 Å². The SMILES string of the molecule is CNc1cn2nc(Sc3nnc4ccc(-c5c[nH]c(=O)[nH]5)cn34)ccc2n1. The normalized spacial score (nSPS) is 11.4. The second kappa shape index (κ2) is 5.99. The summed E-state index contributed by atoms with van der Waals surface area (Å²) in [7, 11) is 1.81. The molecule has 0 fully saturated rings. The third-order valence-corrected chi connectivity index (χ3v) is 4.91. The molecule has 5 heterocycles. The van der Waals surface area contributed by atoms with Gasteiger partial charge in [0.2, 0.25) is 5.16 Å². The van der Waals surface area contributed by atoms with Gasteiger partial charge in [-0.3, -0.25) is 4.40 Å². The van der Waals surface area contributed by atoms with E-state index < -0.39 is 0 Å². The van der Waals surface area contributed by atoms with Gasteiger partial charge in [-0.05, 0) is 36.0 Å². The Bertz CT molecular complexity index is 1330. The van der Waals surface area contributed by atoms with E-state index in [0.717, 1.165) is 22.1 Å². The highest BCUT2D eigenvalue weighted by molar-refractivity contribution is 7.99. The molecule has 134 valence electrons. The average molecular weight is 379 g/mol. The van der Waals surface area contributed by atoms with E-state index in [9.17, 15) is 4.79 Å². The highest BCUT2D eigenvalue weighted by atomic mass is 32.2. The first kappa shape index (κ1) is 15.6. The van der Waals surface area contributed by atoms with Gasteiger partial charge in [0.25, 0.3) is 0 Å². The maximum Gasteiger partial charge on any atom is 0.323 e. The number of H-pyrrole nitrogens is 2. The van der Waals surface area contributed by atoms with Crippen LogP contribution in [0.3, 0.4) is 0 Å². The van der Waals surface area contributed by atoms with E-state index in [1.54, 1.807) is 10.7 Å². The van der Waals surface area contributed by atoms with Gasteiger partial charge >= 0.3 is 5.69 Å². The van der Waals surface area contributed by atoms with Crippen molar-refractivity contribution in [1.29, 1.82) is 0 Å². The van der Waals surface area contributed by atoms with Crippen molar-refractivity contribution in [3.05, 3.63) is 53.3 Å². The fourth-order valence-corrected chi connectivity index (χ4v) is 3.50. The fourth-order valence-electron chi connectivity index (χ4n) is 2.72. The summed E-state index contributed by atoms with van der Waals surface area (Å²) in [5.74, 6) is 0.753. The molecule has 0 atom stereocenters. The van der Waals surface area contributed by atoms with Crippen LogP contribution in [-0.2, 0) is 0 Å². The molecule has 3 N–H and O–H groups in total. The zero-order valence-corrected chi connectivity index (χ0v) is 14.9. The molecular weight excluding hydrogens is 366 g/mol. The Morgan fingerprint density at radius 3 is 2.81 bits per heavy atom. The zero-order chi connectivity index (χ0) is 18.4. The molecule has 11 heteroatoms. The Morgan fingerprint density at radius 1 is 1.11 bits per heavy atom. The third-order valence-electron chi connectivity index (χ3n) is 4.03. The van der Waals surface area contributed by atoms with Crippen LogP contribution in [0, 0.1) is 0 Å². The second-order valence-electron chi connectivity index (χ2n) is 5.74. The van der Waals surface area contributed by atoms with Crippen LogP contribution >= 0.6 is 11.8 Å². The molecule has 10 nitrogen and oxygen atoms in total. The van der Waals surface area contributed by atoms with E-state index in [1.807, 2.05) is 48.1 Å². The number of nitrogens with zero attached hydrogens (tertiary/aromatic N) is 6. The minimum atomic E-state index is -0.248. The lowest BCUT2D eigenvalue weighted by Gasteiger charge is -2.02. The average Bonchev–Trinajstić information content (AvgIpc) is 3.39. The number of aromatic nitrogens is 8. The summed E-state index contributed by atoms with van der Waals surface area (Å²) in [4.78, 5) is 21.1. The first-order valence-electron chi connectivity index (χ1n) is 8.04. The Kier molecular flexibility index (Phi) is 3.47. The highest BCUT2D eigenvalue weighted by Gasteiger charge is 2.11. The van der Waals surface area contributed by atoms with Crippen LogP contribution in [0.4, 0.5) is 5.82 Å². The number of hydrogen-bond acceptors (Lipinski definition) is 7. The van der Waals surface area contributed by atoms with Gasteiger partial charge in [0.1, 0.15) is 10.8 Å². The van der Waals surface area contributed by atoms with Gasteiger partial charge in [0.05, 0.1) is 11.9 Å². The largest absolute Gasteiger partial charge is 0.372 e. The fraction of sp³-hybridized carbons (Fsp3) is 0.0625. The molecule has 0 aromatic carbocycles. The Morgan fingerprint density at radius 2 is 2.00 bits per heavy atom. The summed E-state index contributed by atoms with van der Waals surface area (Å²) in [6.45, 7) is 0. The van der Waals surface area contributed by atoms with Crippen molar-refractivity contribution in [3.8, 4) is 11.3 Å². The first-order chi connectivity index (χ1) is 13.2. The molecule has 5 aromatic heterocycles.